The number of hydrazone groups is 1. The summed E-state index contributed by atoms with van der Waals surface area (Å²) in [6, 6.07) is 20.0. The Hall–Kier alpha value is -4.44. The second-order valence-corrected chi connectivity index (χ2v) is 11.1. The zero-order valence-electron chi connectivity index (χ0n) is 21.8. The van der Waals surface area contributed by atoms with Gasteiger partial charge in [0, 0.05) is 16.8 Å². The van der Waals surface area contributed by atoms with Crippen LogP contribution < -0.4 is 0 Å². The molecule has 0 unspecified atom stereocenters. The van der Waals surface area contributed by atoms with Gasteiger partial charge in [-0.05, 0) is 72.4 Å². The third kappa shape index (κ3) is 4.88. The summed E-state index contributed by atoms with van der Waals surface area (Å²) in [4.78, 5) is 21.5. The predicted octanol–water partition coefficient (Wildman–Crippen LogP) is 6.70. The lowest BCUT2D eigenvalue weighted by Gasteiger charge is -2.29. The average Bonchev–Trinajstić information content (AvgIpc) is 3.57. The zero-order valence-corrected chi connectivity index (χ0v) is 22.6. The Morgan fingerprint density at radius 1 is 1.00 bits per heavy atom. The van der Waals surface area contributed by atoms with Crippen molar-refractivity contribution in [3.8, 4) is 0 Å². The molecule has 1 saturated carbocycles. The Morgan fingerprint density at radius 2 is 1.76 bits per heavy atom. The number of H-pyrrole nitrogens is 1. The summed E-state index contributed by atoms with van der Waals surface area (Å²) in [5.74, 6) is -0.798. The van der Waals surface area contributed by atoms with Gasteiger partial charge in [-0.1, -0.05) is 54.2 Å². The minimum absolute atomic E-state index is 0.0320. The summed E-state index contributed by atoms with van der Waals surface area (Å²) in [6.07, 6.45) is 4.60. The Labute approximate surface area is 238 Å². The maximum absolute atomic E-state index is 13.8. The predicted molar refractivity (Wildman–Crippen MR) is 155 cm³/mol. The molecule has 1 amide bonds. The van der Waals surface area contributed by atoms with Gasteiger partial charge in [0.25, 0.3) is 5.91 Å². The standard InChI is InChI=1S/C31H24F2N6OS/c32-21-12-8-18(9-13-21)16-20-4-3-6-24-27(20)38-39(29(24)19-10-14-22(33)15-11-19)26(40)17-41-31-35-30-28(36-37-31)23-5-1-2-7-25(23)34-30/h1-2,5,7-16,24,29H,3-4,6,17H2,(H,34,35,37)/b20-16-/t24-,29-/m0/s1. The van der Waals surface area contributed by atoms with E-state index in [1.165, 1.54) is 36.0 Å². The molecule has 0 bridgehead atoms. The first-order valence-electron chi connectivity index (χ1n) is 13.4. The van der Waals surface area contributed by atoms with Crippen LogP contribution in [0.1, 0.15) is 36.4 Å². The molecule has 2 aliphatic rings. The number of benzene rings is 3. The first-order valence-corrected chi connectivity index (χ1v) is 14.4. The lowest BCUT2D eigenvalue weighted by atomic mass is 9.77. The topological polar surface area (TPSA) is 87.1 Å². The molecule has 0 spiro atoms. The fourth-order valence-electron chi connectivity index (χ4n) is 5.72. The number of aromatic nitrogens is 4. The van der Waals surface area contributed by atoms with Gasteiger partial charge in [-0.15, -0.1) is 10.2 Å². The number of amides is 1. The van der Waals surface area contributed by atoms with Gasteiger partial charge < -0.3 is 4.98 Å². The summed E-state index contributed by atoms with van der Waals surface area (Å²) in [6.45, 7) is 0. The molecule has 7 nitrogen and oxygen atoms in total. The van der Waals surface area contributed by atoms with Crippen LogP contribution in [-0.2, 0) is 4.79 Å². The molecule has 2 aromatic heterocycles. The molecule has 1 N–H and O–H groups in total. The minimum atomic E-state index is -0.356. The molecule has 10 heteroatoms. The first-order chi connectivity index (χ1) is 20.0. The molecule has 2 atom stereocenters. The minimum Gasteiger partial charge on any atom is -0.338 e. The fourth-order valence-corrected chi connectivity index (χ4v) is 6.36. The number of hydrogen-bond acceptors (Lipinski definition) is 6. The summed E-state index contributed by atoms with van der Waals surface area (Å²) in [5, 5.41) is 16.3. The van der Waals surface area contributed by atoms with Crippen LogP contribution in [0.2, 0.25) is 0 Å². The number of rotatable bonds is 5. The van der Waals surface area contributed by atoms with Crippen molar-refractivity contribution in [3.63, 3.8) is 0 Å². The van der Waals surface area contributed by atoms with Gasteiger partial charge in [-0.2, -0.15) is 5.10 Å². The monoisotopic (exact) mass is 566 g/mol. The average molecular weight is 567 g/mol. The smallest absolute Gasteiger partial charge is 0.253 e. The summed E-state index contributed by atoms with van der Waals surface area (Å²) in [5.41, 5.74) is 5.80. The molecule has 3 aromatic carbocycles. The molecule has 3 heterocycles. The van der Waals surface area contributed by atoms with Gasteiger partial charge in [0.15, 0.2) is 5.65 Å². The van der Waals surface area contributed by atoms with Crippen molar-refractivity contribution in [2.75, 3.05) is 5.75 Å². The zero-order chi connectivity index (χ0) is 27.9. The van der Waals surface area contributed by atoms with Crippen LogP contribution in [-0.4, -0.2) is 42.5 Å². The lowest BCUT2D eigenvalue weighted by Crippen LogP contribution is -2.32. The maximum atomic E-state index is 13.8. The van der Waals surface area contributed by atoms with E-state index in [2.05, 4.69) is 20.2 Å². The van der Waals surface area contributed by atoms with Crippen LogP contribution in [0.5, 0.6) is 0 Å². The van der Waals surface area contributed by atoms with Crippen LogP contribution in [0.15, 0.2) is 88.6 Å². The number of nitrogens with one attached hydrogen (secondary N) is 1. The number of nitrogens with zero attached hydrogens (tertiary/aromatic N) is 5. The number of aromatic amines is 1. The fraction of sp³-hybridized carbons (Fsp3) is 0.194. The highest BCUT2D eigenvalue weighted by Gasteiger charge is 2.43. The van der Waals surface area contributed by atoms with Gasteiger partial charge in [0.2, 0.25) is 5.16 Å². The summed E-state index contributed by atoms with van der Waals surface area (Å²) < 4.78 is 27.3. The van der Waals surface area contributed by atoms with E-state index in [0.717, 1.165) is 52.6 Å². The Balaban J connectivity index is 1.18. The van der Waals surface area contributed by atoms with E-state index in [1.54, 1.807) is 29.3 Å². The largest absolute Gasteiger partial charge is 0.338 e. The highest BCUT2D eigenvalue weighted by Crippen LogP contribution is 2.44. The molecule has 0 radical (unpaired) electrons. The molecule has 5 aromatic rings. The number of para-hydroxylation sites is 1. The number of thioether (sulfide) groups is 1. The van der Waals surface area contributed by atoms with Gasteiger partial charge >= 0.3 is 0 Å². The van der Waals surface area contributed by atoms with Crippen molar-refractivity contribution >= 4 is 51.5 Å². The number of fused-ring (bicyclic) bond motifs is 4. The highest BCUT2D eigenvalue weighted by atomic mass is 32.2. The van der Waals surface area contributed by atoms with E-state index in [9.17, 15) is 13.6 Å². The van der Waals surface area contributed by atoms with Crippen LogP contribution in [0.3, 0.4) is 0 Å². The van der Waals surface area contributed by atoms with E-state index in [4.69, 9.17) is 5.10 Å². The quantitative estimate of drug-likeness (QED) is 0.239. The van der Waals surface area contributed by atoms with Gasteiger partial charge in [0.05, 0.1) is 17.5 Å². The maximum Gasteiger partial charge on any atom is 0.253 e. The molecule has 1 fully saturated rings. The number of hydrogen-bond donors (Lipinski definition) is 1. The van der Waals surface area contributed by atoms with Crippen molar-refractivity contribution in [1.29, 1.82) is 0 Å². The Kier molecular flexibility index (Phi) is 6.54. The third-order valence-corrected chi connectivity index (χ3v) is 8.43. The second-order valence-electron chi connectivity index (χ2n) is 10.2. The number of carbonyl (C=O) groups excluding carboxylic acids is 1. The molecular weight excluding hydrogens is 542 g/mol. The summed E-state index contributed by atoms with van der Waals surface area (Å²) in [7, 11) is 0. The van der Waals surface area contributed by atoms with E-state index in [0.29, 0.717) is 16.3 Å². The van der Waals surface area contributed by atoms with Crippen molar-refractivity contribution in [1.82, 2.24) is 25.2 Å². The van der Waals surface area contributed by atoms with Gasteiger partial charge in [-0.25, -0.2) is 18.8 Å². The third-order valence-electron chi connectivity index (χ3n) is 7.61. The number of allylic oxidation sites excluding steroid dienone is 1. The van der Waals surface area contributed by atoms with E-state index in [-0.39, 0.29) is 35.3 Å². The first kappa shape index (κ1) is 25.5. The normalized spacial score (nSPS) is 19.6. The van der Waals surface area contributed by atoms with Crippen LogP contribution >= 0.6 is 11.8 Å². The summed E-state index contributed by atoms with van der Waals surface area (Å²) >= 11 is 1.20. The number of carbonyl (C=O) groups is 1. The molecule has 41 heavy (non-hydrogen) atoms. The van der Waals surface area contributed by atoms with E-state index < -0.39 is 0 Å². The van der Waals surface area contributed by atoms with Crippen LogP contribution in [0.4, 0.5) is 8.78 Å². The second kappa shape index (κ2) is 10.5. The molecule has 1 aliphatic carbocycles. The highest BCUT2D eigenvalue weighted by molar-refractivity contribution is 7.99. The van der Waals surface area contributed by atoms with E-state index in [1.807, 2.05) is 30.3 Å². The van der Waals surface area contributed by atoms with Crippen molar-refractivity contribution in [2.45, 2.75) is 30.5 Å². The molecule has 0 saturated heterocycles. The van der Waals surface area contributed by atoms with Gasteiger partial charge in [-0.3, -0.25) is 4.79 Å². The Bertz CT molecular complexity index is 1830. The molecule has 7 rings (SSSR count). The molecule has 204 valence electrons. The van der Waals surface area contributed by atoms with Gasteiger partial charge in [0.1, 0.15) is 17.2 Å². The Morgan fingerprint density at radius 3 is 2.56 bits per heavy atom. The van der Waals surface area contributed by atoms with Crippen LogP contribution in [0.25, 0.3) is 28.1 Å². The van der Waals surface area contributed by atoms with Crippen molar-refractivity contribution in [3.05, 3.63) is 101 Å². The number of halogens is 2. The van der Waals surface area contributed by atoms with Crippen LogP contribution in [0, 0.1) is 17.6 Å². The molecular formula is C31H24F2N6OS. The van der Waals surface area contributed by atoms with Crippen molar-refractivity contribution < 1.29 is 13.6 Å². The lowest BCUT2D eigenvalue weighted by molar-refractivity contribution is -0.130. The van der Waals surface area contributed by atoms with E-state index >= 15 is 0 Å². The molecule has 1 aliphatic heterocycles. The SMILES string of the molecule is O=C(CSc1nnc2c(n1)[nH]c1ccccc12)N1N=C2/C(=C\c3ccc(F)cc3)CCC[C@@H]2[C@@H]1c1ccc(F)cc1. The van der Waals surface area contributed by atoms with Crippen molar-refractivity contribution in [2.24, 2.45) is 11.0 Å².